The Labute approximate surface area is 223 Å². The minimum Gasteiger partial charge on any atom is -0.496 e. The second kappa shape index (κ2) is 13.4. The van der Waals surface area contributed by atoms with Crippen molar-refractivity contribution >= 4 is 28.9 Å². The van der Waals surface area contributed by atoms with Crippen LogP contribution in [0.4, 0.5) is 18.9 Å². The van der Waals surface area contributed by atoms with E-state index >= 15 is 0 Å². The lowest BCUT2D eigenvalue weighted by Gasteiger charge is -2.22. The first-order valence-electron chi connectivity index (χ1n) is 11.9. The predicted octanol–water partition coefficient (Wildman–Crippen LogP) is 5.45. The minimum absolute atomic E-state index is 0.0753. The Kier molecular flexibility index (Phi) is 10.3. The summed E-state index contributed by atoms with van der Waals surface area (Å²) in [5.41, 5.74) is 4.18. The number of halogens is 3. The third kappa shape index (κ3) is 8.57. The highest BCUT2D eigenvalue weighted by Crippen LogP contribution is 2.29. The summed E-state index contributed by atoms with van der Waals surface area (Å²) in [4.78, 5) is 26.9. The maximum atomic E-state index is 12.4. The van der Waals surface area contributed by atoms with Crippen molar-refractivity contribution in [1.29, 1.82) is 0 Å². The Balaban J connectivity index is 0.000000505. The number of carbonyl (C=O) groups is 2. The van der Waals surface area contributed by atoms with Crippen molar-refractivity contribution in [2.45, 2.75) is 19.1 Å². The average Bonchev–Trinajstić information content (AvgIpc) is 3.35. The number of likely N-dealkylation sites (N-methyl/N-ethyl adjacent to an activating group) is 1. The van der Waals surface area contributed by atoms with Crippen LogP contribution in [0.25, 0.3) is 11.1 Å². The highest BCUT2D eigenvalue weighted by Gasteiger charge is 2.38. The van der Waals surface area contributed by atoms with Crippen LogP contribution >= 0.6 is 11.3 Å². The Morgan fingerprint density at radius 2 is 1.76 bits per heavy atom. The average molecular weight is 550 g/mol. The zero-order valence-corrected chi connectivity index (χ0v) is 21.9. The largest absolute Gasteiger partial charge is 0.496 e. The van der Waals surface area contributed by atoms with Crippen molar-refractivity contribution in [2.24, 2.45) is 0 Å². The van der Waals surface area contributed by atoms with E-state index in [0.717, 1.165) is 55.3 Å². The Morgan fingerprint density at radius 1 is 1.03 bits per heavy atom. The second-order valence-corrected chi connectivity index (χ2v) is 9.72. The van der Waals surface area contributed by atoms with Gasteiger partial charge in [-0.05, 0) is 73.4 Å². The molecule has 0 bridgehead atoms. The van der Waals surface area contributed by atoms with Crippen LogP contribution in [-0.2, 0) is 11.3 Å². The van der Waals surface area contributed by atoms with Gasteiger partial charge in [0, 0.05) is 30.9 Å². The first-order chi connectivity index (χ1) is 18.1. The molecular weight excluding hydrogens is 519 g/mol. The summed E-state index contributed by atoms with van der Waals surface area (Å²) in [6, 6.07) is 18.1. The standard InChI is InChI=1S/C25H29N3O2S.C2HF3O2/c1-27-11-5-12-28(14-13-27)18-21-16-20(9-10-23(21)30-2)19-6-3-7-22(17-19)26-25(29)24-8-4-15-31-24;3-2(4,5)1(6)7/h3-4,6-10,15-17H,5,11-14,18H2,1-2H3,(H,26,29);(H,6,7). The van der Waals surface area contributed by atoms with E-state index in [4.69, 9.17) is 14.6 Å². The Hall–Kier alpha value is -3.41. The molecular formula is C27H30F3N3O4S. The van der Waals surface area contributed by atoms with E-state index in [1.807, 2.05) is 41.8 Å². The first-order valence-corrected chi connectivity index (χ1v) is 12.8. The Bertz CT molecular complexity index is 1220. The molecule has 2 N–H and O–H groups in total. The van der Waals surface area contributed by atoms with Gasteiger partial charge in [-0.2, -0.15) is 13.2 Å². The molecule has 0 spiro atoms. The van der Waals surface area contributed by atoms with E-state index in [1.165, 1.54) is 23.3 Å². The molecule has 1 saturated heterocycles. The lowest BCUT2D eigenvalue weighted by molar-refractivity contribution is -0.192. The fraction of sp³-hybridized carbons (Fsp3) is 0.333. The molecule has 0 unspecified atom stereocenters. The molecule has 0 atom stereocenters. The molecule has 2 heterocycles. The quantitative estimate of drug-likeness (QED) is 0.426. The topological polar surface area (TPSA) is 82.1 Å². The van der Waals surface area contributed by atoms with E-state index in [-0.39, 0.29) is 5.91 Å². The van der Waals surface area contributed by atoms with Gasteiger partial charge in [-0.15, -0.1) is 11.3 Å². The van der Waals surface area contributed by atoms with Crippen LogP contribution in [0.3, 0.4) is 0 Å². The fourth-order valence-electron chi connectivity index (χ4n) is 3.96. The van der Waals surface area contributed by atoms with Crippen molar-refractivity contribution in [3.05, 3.63) is 70.4 Å². The molecule has 11 heteroatoms. The first kappa shape index (κ1) is 29.2. The van der Waals surface area contributed by atoms with Gasteiger partial charge in [-0.3, -0.25) is 9.69 Å². The van der Waals surface area contributed by atoms with Crippen LogP contribution in [0.15, 0.2) is 60.0 Å². The zero-order valence-electron chi connectivity index (χ0n) is 21.1. The lowest BCUT2D eigenvalue weighted by atomic mass is 10.0. The molecule has 0 aliphatic carbocycles. The number of methoxy groups -OCH3 is 1. The number of carboxylic acid groups (broad SMARTS) is 1. The molecule has 3 aromatic rings. The lowest BCUT2D eigenvalue weighted by Crippen LogP contribution is -2.28. The van der Waals surface area contributed by atoms with Crippen molar-refractivity contribution in [3.8, 4) is 16.9 Å². The van der Waals surface area contributed by atoms with Crippen LogP contribution in [0, 0.1) is 0 Å². The summed E-state index contributed by atoms with van der Waals surface area (Å²) in [7, 11) is 3.92. The summed E-state index contributed by atoms with van der Waals surface area (Å²) < 4.78 is 37.4. The van der Waals surface area contributed by atoms with Crippen LogP contribution in [-0.4, -0.2) is 73.3 Å². The summed E-state index contributed by atoms with van der Waals surface area (Å²) >= 11 is 1.44. The van der Waals surface area contributed by atoms with Crippen molar-refractivity contribution in [3.63, 3.8) is 0 Å². The predicted molar refractivity (Wildman–Crippen MR) is 142 cm³/mol. The van der Waals surface area contributed by atoms with Crippen LogP contribution in [0.5, 0.6) is 5.75 Å². The van der Waals surface area contributed by atoms with Gasteiger partial charge in [0.05, 0.1) is 12.0 Å². The molecule has 1 fully saturated rings. The van der Waals surface area contributed by atoms with Gasteiger partial charge in [-0.1, -0.05) is 24.3 Å². The number of alkyl halides is 3. The van der Waals surface area contributed by atoms with Gasteiger partial charge in [0.15, 0.2) is 0 Å². The number of thiophene rings is 1. The molecule has 0 saturated carbocycles. The maximum Gasteiger partial charge on any atom is 0.490 e. The number of aliphatic carboxylic acids is 1. The molecule has 7 nitrogen and oxygen atoms in total. The highest BCUT2D eigenvalue weighted by molar-refractivity contribution is 7.12. The number of hydrogen-bond donors (Lipinski definition) is 2. The molecule has 2 aromatic carbocycles. The molecule has 1 aliphatic heterocycles. The van der Waals surface area contributed by atoms with E-state index < -0.39 is 12.1 Å². The van der Waals surface area contributed by atoms with Gasteiger partial charge in [0.1, 0.15) is 5.75 Å². The molecule has 38 heavy (non-hydrogen) atoms. The zero-order chi connectivity index (χ0) is 27.7. The van der Waals surface area contributed by atoms with Gasteiger partial charge >= 0.3 is 12.1 Å². The van der Waals surface area contributed by atoms with Crippen LogP contribution in [0.2, 0.25) is 0 Å². The molecule has 1 aliphatic rings. The number of hydrogen-bond acceptors (Lipinski definition) is 6. The number of nitrogens with zero attached hydrogens (tertiary/aromatic N) is 2. The Morgan fingerprint density at radius 3 is 2.42 bits per heavy atom. The van der Waals surface area contributed by atoms with E-state index in [1.54, 1.807) is 7.11 Å². The fourth-order valence-corrected chi connectivity index (χ4v) is 4.58. The summed E-state index contributed by atoms with van der Waals surface area (Å²) in [5.74, 6) is -1.91. The van der Waals surface area contributed by atoms with E-state index in [9.17, 15) is 18.0 Å². The highest BCUT2D eigenvalue weighted by atomic mass is 32.1. The molecule has 0 radical (unpaired) electrons. The van der Waals surface area contributed by atoms with Crippen molar-refractivity contribution < 1.29 is 32.6 Å². The summed E-state index contributed by atoms with van der Waals surface area (Å²) in [5, 5.41) is 12.0. The number of nitrogens with one attached hydrogen (secondary N) is 1. The van der Waals surface area contributed by atoms with Gasteiger partial charge < -0.3 is 20.1 Å². The summed E-state index contributed by atoms with van der Waals surface area (Å²) in [6.07, 6.45) is -3.90. The number of anilines is 1. The second-order valence-electron chi connectivity index (χ2n) is 8.77. The third-order valence-electron chi connectivity index (χ3n) is 5.93. The molecule has 1 aromatic heterocycles. The van der Waals surface area contributed by atoms with Gasteiger partial charge in [0.25, 0.3) is 5.91 Å². The monoisotopic (exact) mass is 549 g/mol. The van der Waals surface area contributed by atoms with Crippen molar-refractivity contribution in [2.75, 3.05) is 45.7 Å². The minimum atomic E-state index is -5.08. The number of rotatable bonds is 6. The molecule has 4 rings (SSSR count). The number of carboxylic acids is 1. The van der Waals surface area contributed by atoms with Crippen molar-refractivity contribution in [1.82, 2.24) is 9.80 Å². The van der Waals surface area contributed by atoms with Crippen LogP contribution in [0.1, 0.15) is 21.7 Å². The number of benzene rings is 2. The maximum absolute atomic E-state index is 12.4. The molecule has 204 valence electrons. The van der Waals surface area contributed by atoms with Gasteiger partial charge in [0.2, 0.25) is 0 Å². The van der Waals surface area contributed by atoms with E-state index in [0.29, 0.717) is 4.88 Å². The van der Waals surface area contributed by atoms with Crippen LogP contribution < -0.4 is 10.1 Å². The number of carbonyl (C=O) groups excluding carboxylic acids is 1. The third-order valence-corrected chi connectivity index (χ3v) is 6.80. The SMILES string of the molecule is COc1ccc(-c2cccc(NC(=O)c3cccs3)c2)cc1CN1CCCN(C)CC1.O=C(O)C(F)(F)F. The van der Waals surface area contributed by atoms with E-state index in [2.05, 4.69) is 40.4 Å². The number of ether oxygens (including phenoxy) is 1. The smallest absolute Gasteiger partial charge is 0.490 e. The van der Waals surface area contributed by atoms with Gasteiger partial charge in [-0.25, -0.2) is 4.79 Å². The number of amides is 1. The normalized spacial score (nSPS) is 14.7. The summed E-state index contributed by atoms with van der Waals surface area (Å²) in [6.45, 7) is 5.28. The molecule has 1 amide bonds.